The van der Waals surface area contributed by atoms with E-state index >= 15 is 0 Å². The van der Waals surface area contributed by atoms with Crippen molar-refractivity contribution in [2.24, 2.45) is 0 Å². The van der Waals surface area contributed by atoms with Crippen LogP contribution in [0, 0.1) is 6.92 Å². The molecule has 0 spiro atoms. The van der Waals surface area contributed by atoms with Crippen LogP contribution in [-0.2, 0) is 4.79 Å². The van der Waals surface area contributed by atoms with E-state index in [2.05, 4.69) is 5.32 Å². The molecule has 7 heteroatoms. The smallest absolute Gasteiger partial charge is 0.335 e. The maximum atomic E-state index is 11.9. The van der Waals surface area contributed by atoms with Gasteiger partial charge in [-0.15, -0.1) is 0 Å². The first kappa shape index (κ1) is 15.4. The highest BCUT2D eigenvalue weighted by molar-refractivity contribution is 8.13. The first-order valence-corrected chi connectivity index (χ1v) is 7.51. The number of carboxylic acid groups (broad SMARTS) is 1. The molecule has 0 aliphatic carbocycles. The number of benzene rings is 1. The van der Waals surface area contributed by atoms with Crippen LogP contribution in [0.3, 0.4) is 0 Å². The molecular formula is C14H16N2O4S. The van der Waals surface area contributed by atoms with Gasteiger partial charge in [0.2, 0.25) is 5.91 Å². The lowest BCUT2D eigenvalue weighted by atomic mass is 10.1. The second kappa shape index (κ2) is 6.62. The highest BCUT2D eigenvalue weighted by Gasteiger charge is 2.21. The third kappa shape index (κ3) is 3.98. The zero-order valence-corrected chi connectivity index (χ0v) is 12.4. The van der Waals surface area contributed by atoms with Crippen LogP contribution >= 0.6 is 11.8 Å². The van der Waals surface area contributed by atoms with Gasteiger partial charge in [0, 0.05) is 31.0 Å². The van der Waals surface area contributed by atoms with E-state index in [0.29, 0.717) is 18.8 Å². The van der Waals surface area contributed by atoms with Crippen molar-refractivity contribution in [1.82, 2.24) is 4.90 Å². The van der Waals surface area contributed by atoms with Gasteiger partial charge in [-0.2, -0.15) is 0 Å². The van der Waals surface area contributed by atoms with Crippen molar-refractivity contribution in [3.8, 4) is 0 Å². The van der Waals surface area contributed by atoms with Crippen molar-refractivity contribution >= 4 is 34.6 Å². The lowest BCUT2D eigenvalue weighted by Crippen LogP contribution is -2.27. The van der Waals surface area contributed by atoms with E-state index in [9.17, 15) is 14.4 Å². The number of hydrogen-bond acceptors (Lipinski definition) is 4. The molecule has 2 N–H and O–H groups in total. The highest BCUT2D eigenvalue weighted by Crippen LogP contribution is 2.19. The summed E-state index contributed by atoms with van der Waals surface area (Å²) in [6.07, 6.45) is 0.197. The zero-order chi connectivity index (χ0) is 15.4. The van der Waals surface area contributed by atoms with E-state index < -0.39 is 5.97 Å². The fraction of sp³-hybridized carbons (Fsp3) is 0.357. The van der Waals surface area contributed by atoms with Crippen LogP contribution in [-0.4, -0.2) is 46.0 Å². The quantitative estimate of drug-likeness (QED) is 0.870. The Labute approximate surface area is 126 Å². The van der Waals surface area contributed by atoms with E-state index in [1.165, 1.54) is 23.9 Å². The number of rotatable bonds is 5. The molecule has 1 aliphatic rings. The molecule has 112 valence electrons. The number of aryl methyl sites for hydroxylation is 1. The Morgan fingerprint density at radius 3 is 2.81 bits per heavy atom. The summed E-state index contributed by atoms with van der Waals surface area (Å²) in [7, 11) is 0. The van der Waals surface area contributed by atoms with Crippen LogP contribution in [0.15, 0.2) is 18.2 Å². The Kier molecular flexibility index (Phi) is 4.85. The molecule has 0 saturated carbocycles. The molecule has 21 heavy (non-hydrogen) atoms. The molecule has 0 bridgehead atoms. The summed E-state index contributed by atoms with van der Waals surface area (Å²) in [5, 5.41) is 11.7. The van der Waals surface area contributed by atoms with Gasteiger partial charge >= 0.3 is 5.97 Å². The van der Waals surface area contributed by atoms with Crippen molar-refractivity contribution in [3.63, 3.8) is 0 Å². The van der Waals surface area contributed by atoms with Crippen molar-refractivity contribution in [2.45, 2.75) is 13.3 Å². The molecule has 1 aromatic rings. The molecule has 6 nitrogen and oxygen atoms in total. The number of carbonyl (C=O) groups excluding carboxylic acids is 2. The molecule has 0 atom stereocenters. The van der Waals surface area contributed by atoms with Gasteiger partial charge < -0.3 is 15.3 Å². The van der Waals surface area contributed by atoms with Crippen molar-refractivity contribution in [2.75, 3.05) is 24.2 Å². The molecule has 1 heterocycles. The zero-order valence-electron chi connectivity index (χ0n) is 11.6. The number of hydrogen-bond donors (Lipinski definition) is 2. The minimum absolute atomic E-state index is 0.00635. The van der Waals surface area contributed by atoms with Crippen molar-refractivity contribution < 1.29 is 19.5 Å². The number of nitrogens with zero attached hydrogens (tertiary/aromatic N) is 1. The second-order valence-corrected chi connectivity index (χ2v) is 5.78. The van der Waals surface area contributed by atoms with Gasteiger partial charge in [0.15, 0.2) is 0 Å². The lowest BCUT2D eigenvalue weighted by molar-refractivity contribution is -0.116. The van der Waals surface area contributed by atoms with E-state index in [1.54, 1.807) is 17.9 Å². The summed E-state index contributed by atoms with van der Waals surface area (Å²) >= 11 is 1.26. The molecule has 0 aromatic heterocycles. The summed E-state index contributed by atoms with van der Waals surface area (Å²) < 4.78 is 0. The number of aromatic carboxylic acids is 1. The third-order valence-corrected chi connectivity index (χ3v) is 4.10. The lowest BCUT2D eigenvalue weighted by Gasteiger charge is -2.14. The number of carboxylic acids is 1. The van der Waals surface area contributed by atoms with Gasteiger partial charge in [-0.1, -0.05) is 17.8 Å². The number of carbonyl (C=O) groups is 3. The van der Waals surface area contributed by atoms with Crippen LogP contribution < -0.4 is 5.32 Å². The monoisotopic (exact) mass is 308 g/mol. The number of nitrogens with one attached hydrogen (secondary N) is 1. The van der Waals surface area contributed by atoms with E-state index in [4.69, 9.17) is 5.11 Å². The summed E-state index contributed by atoms with van der Waals surface area (Å²) in [6.45, 7) is 2.85. The van der Waals surface area contributed by atoms with Crippen LogP contribution in [0.1, 0.15) is 22.3 Å². The van der Waals surface area contributed by atoms with Crippen LogP contribution in [0.4, 0.5) is 10.5 Å². The van der Waals surface area contributed by atoms with Crippen molar-refractivity contribution in [1.29, 1.82) is 0 Å². The highest BCUT2D eigenvalue weighted by atomic mass is 32.2. The van der Waals surface area contributed by atoms with Crippen LogP contribution in [0.25, 0.3) is 0 Å². The number of amides is 2. The summed E-state index contributed by atoms with van der Waals surface area (Å²) in [6, 6.07) is 4.58. The fourth-order valence-corrected chi connectivity index (χ4v) is 2.82. The normalized spacial score (nSPS) is 14.3. The van der Waals surface area contributed by atoms with Gasteiger partial charge in [0.1, 0.15) is 0 Å². The first-order chi connectivity index (χ1) is 9.97. The fourth-order valence-electron chi connectivity index (χ4n) is 1.97. The molecule has 0 unspecified atom stereocenters. The van der Waals surface area contributed by atoms with Gasteiger partial charge in [-0.3, -0.25) is 9.59 Å². The predicted octanol–water partition coefficient (Wildman–Crippen LogP) is 2.19. The molecule has 1 saturated heterocycles. The van der Waals surface area contributed by atoms with Gasteiger partial charge in [0.05, 0.1) is 5.56 Å². The Hall–Kier alpha value is -2.02. The first-order valence-electron chi connectivity index (χ1n) is 6.53. The second-order valence-electron chi connectivity index (χ2n) is 4.73. The van der Waals surface area contributed by atoms with Crippen LogP contribution in [0.5, 0.6) is 0 Å². The molecule has 1 fully saturated rings. The summed E-state index contributed by atoms with van der Waals surface area (Å²) in [4.78, 5) is 35.9. The van der Waals surface area contributed by atoms with Crippen molar-refractivity contribution in [3.05, 3.63) is 29.3 Å². The minimum Gasteiger partial charge on any atom is -0.478 e. The predicted molar refractivity (Wildman–Crippen MR) is 80.8 cm³/mol. The topological polar surface area (TPSA) is 86.7 Å². The largest absolute Gasteiger partial charge is 0.478 e. The minimum atomic E-state index is -1.04. The molecule has 0 radical (unpaired) electrons. The Morgan fingerprint density at radius 2 is 2.19 bits per heavy atom. The van der Waals surface area contributed by atoms with E-state index in [1.807, 2.05) is 0 Å². The molecule has 1 aromatic carbocycles. The number of thioether (sulfide) groups is 1. The Morgan fingerprint density at radius 1 is 1.43 bits per heavy atom. The summed E-state index contributed by atoms with van der Waals surface area (Å²) in [5.74, 6) is -0.504. The molecular weight excluding hydrogens is 292 g/mol. The molecule has 2 amide bonds. The average Bonchev–Trinajstić information content (AvgIpc) is 2.84. The van der Waals surface area contributed by atoms with Gasteiger partial charge in [-0.05, 0) is 24.6 Å². The molecule has 2 rings (SSSR count). The van der Waals surface area contributed by atoms with E-state index in [0.717, 1.165) is 11.3 Å². The number of anilines is 1. The van der Waals surface area contributed by atoms with Gasteiger partial charge in [0.25, 0.3) is 5.24 Å². The Bertz CT molecular complexity index is 588. The maximum absolute atomic E-state index is 11.9. The standard InChI is InChI=1S/C14H16N2O4S/c1-9-2-3-10(13(18)19)8-11(9)15-12(17)4-5-16-6-7-21-14(16)20/h2-3,8H,4-7H2,1H3,(H,15,17)(H,18,19). The maximum Gasteiger partial charge on any atom is 0.335 e. The average molecular weight is 308 g/mol. The SMILES string of the molecule is Cc1ccc(C(=O)O)cc1NC(=O)CCN1CCSC1=O. The van der Waals surface area contributed by atoms with E-state index in [-0.39, 0.29) is 23.1 Å². The Balaban J connectivity index is 1.94. The summed E-state index contributed by atoms with van der Waals surface area (Å²) in [5.41, 5.74) is 1.41. The van der Waals surface area contributed by atoms with Gasteiger partial charge in [-0.25, -0.2) is 4.79 Å². The third-order valence-electron chi connectivity index (χ3n) is 3.21. The molecule has 1 aliphatic heterocycles. The van der Waals surface area contributed by atoms with Crippen LogP contribution in [0.2, 0.25) is 0 Å².